The number of benzene rings is 1. The quantitative estimate of drug-likeness (QED) is 0.685. The average molecular weight is 366 g/mol. The van der Waals surface area contributed by atoms with E-state index in [1.54, 1.807) is 6.20 Å². The molecule has 1 aliphatic heterocycles. The number of pyridine rings is 1. The SMILES string of the molecule is c1ccc(OCc2noc(-c3ccc(NC[C@H]4CCCOC4)nc3)n2)cc1. The van der Waals surface area contributed by atoms with Gasteiger partial charge >= 0.3 is 0 Å². The number of rotatable bonds is 7. The van der Waals surface area contributed by atoms with E-state index in [2.05, 4.69) is 20.4 Å². The third-order valence-electron chi connectivity index (χ3n) is 4.42. The maximum absolute atomic E-state index is 5.63. The lowest BCUT2D eigenvalue weighted by atomic mass is 10.0. The van der Waals surface area contributed by atoms with Gasteiger partial charge in [0.1, 0.15) is 11.6 Å². The van der Waals surface area contributed by atoms with Crippen molar-refractivity contribution in [1.82, 2.24) is 15.1 Å². The van der Waals surface area contributed by atoms with Crippen LogP contribution in [0.3, 0.4) is 0 Å². The smallest absolute Gasteiger partial charge is 0.259 e. The third-order valence-corrected chi connectivity index (χ3v) is 4.42. The van der Waals surface area contributed by atoms with Gasteiger partial charge in [-0.1, -0.05) is 23.4 Å². The summed E-state index contributed by atoms with van der Waals surface area (Å²) in [5, 5.41) is 7.32. The normalized spacial score (nSPS) is 16.8. The highest BCUT2D eigenvalue weighted by molar-refractivity contribution is 5.54. The number of para-hydroxylation sites is 1. The van der Waals surface area contributed by atoms with Gasteiger partial charge in [0.25, 0.3) is 5.89 Å². The van der Waals surface area contributed by atoms with Crippen molar-refractivity contribution in [2.75, 3.05) is 25.1 Å². The minimum absolute atomic E-state index is 0.254. The summed E-state index contributed by atoms with van der Waals surface area (Å²) in [4.78, 5) is 8.80. The molecule has 1 saturated heterocycles. The Morgan fingerprint density at radius 2 is 2.07 bits per heavy atom. The zero-order chi connectivity index (χ0) is 18.3. The number of anilines is 1. The van der Waals surface area contributed by atoms with E-state index < -0.39 is 0 Å². The van der Waals surface area contributed by atoms with Crippen LogP contribution in [0.5, 0.6) is 5.75 Å². The van der Waals surface area contributed by atoms with Crippen LogP contribution < -0.4 is 10.1 Å². The largest absolute Gasteiger partial charge is 0.485 e. The molecular weight excluding hydrogens is 344 g/mol. The Kier molecular flexibility index (Phi) is 5.59. The summed E-state index contributed by atoms with van der Waals surface area (Å²) in [6.45, 7) is 2.82. The summed E-state index contributed by atoms with van der Waals surface area (Å²) in [6.07, 6.45) is 4.06. The molecular formula is C20H22N4O3. The molecule has 7 nitrogen and oxygen atoms in total. The highest BCUT2D eigenvalue weighted by atomic mass is 16.5. The molecule has 0 saturated carbocycles. The topological polar surface area (TPSA) is 82.3 Å². The molecule has 1 aliphatic rings. The number of hydrogen-bond acceptors (Lipinski definition) is 7. The molecule has 2 aromatic heterocycles. The summed E-state index contributed by atoms with van der Waals surface area (Å²) in [7, 11) is 0. The highest BCUT2D eigenvalue weighted by Gasteiger charge is 2.14. The summed E-state index contributed by atoms with van der Waals surface area (Å²) in [5.41, 5.74) is 0.778. The van der Waals surface area contributed by atoms with E-state index >= 15 is 0 Å². The Balaban J connectivity index is 1.31. The predicted molar refractivity (Wildman–Crippen MR) is 100 cm³/mol. The van der Waals surface area contributed by atoms with E-state index in [0.29, 0.717) is 17.6 Å². The maximum atomic E-state index is 5.63. The molecule has 3 heterocycles. The van der Waals surface area contributed by atoms with Gasteiger partial charge in [0.05, 0.1) is 12.2 Å². The van der Waals surface area contributed by atoms with Crippen LogP contribution in [0.2, 0.25) is 0 Å². The predicted octanol–water partition coefficient (Wildman–Crippen LogP) is 3.55. The van der Waals surface area contributed by atoms with E-state index in [0.717, 1.165) is 43.3 Å². The van der Waals surface area contributed by atoms with Crippen molar-refractivity contribution in [3.05, 3.63) is 54.5 Å². The van der Waals surface area contributed by atoms with Gasteiger partial charge in [-0.15, -0.1) is 0 Å². The fourth-order valence-electron chi connectivity index (χ4n) is 2.94. The first kappa shape index (κ1) is 17.5. The number of nitrogens with zero attached hydrogens (tertiary/aromatic N) is 3. The van der Waals surface area contributed by atoms with Crippen LogP contribution in [-0.4, -0.2) is 34.9 Å². The van der Waals surface area contributed by atoms with Crippen LogP contribution in [-0.2, 0) is 11.3 Å². The molecule has 0 amide bonds. The zero-order valence-electron chi connectivity index (χ0n) is 15.0. The molecule has 0 aliphatic carbocycles. The molecule has 1 atom stereocenters. The summed E-state index contributed by atoms with van der Waals surface area (Å²) in [5.74, 6) is 3.07. The minimum Gasteiger partial charge on any atom is -0.485 e. The number of nitrogens with one attached hydrogen (secondary N) is 1. The molecule has 27 heavy (non-hydrogen) atoms. The Hall–Kier alpha value is -2.93. The Bertz CT molecular complexity index is 830. The second-order valence-corrected chi connectivity index (χ2v) is 6.51. The lowest BCUT2D eigenvalue weighted by molar-refractivity contribution is 0.0595. The monoisotopic (exact) mass is 366 g/mol. The van der Waals surface area contributed by atoms with Crippen LogP contribution in [0.1, 0.15) is 18.7 Å². The number of hydrogen-bond donors (Lipinski definition) is 1. The Labute approximate surface area is 157 Å². The standard InChI is InChI=1S/C20H22N4O3/c1-2-6-17(7-3-1)26-14-19-23-20(27-24-19)16-8-9-18(22-12-16)21-11-15-5-4-10-25-13-15/h1-3,6-9,12,15H,4-5,10-11,13-14H2,(H,21,22)/t15-/m1/s1. The van der Waals surface area contributed by atoms with E-state index in [9.17, 15) is 0 Å². The van der Waals surface area contributed by atoms with Crippen molar-refractivity contribution in [1.29, 1.82) is 0 Å². The Morgan fingerprint density at radius 1 is 1.15 bits per heavy atom. The van der Waals surface area contributed by atoms with Gasteiger partial charge in [-0.3, -0.25) is 0 Å². The van der Waals surface area contributed by atoms with Crippen LogP contribution in [0.4, 0.5) is 5.82 Å². The Morgan fingerprint density at radius 3 is 2.85 bits per heavy atom. The first-order chi connectivity index (χ1) is 13.4. The van der Waals surface area contributed by atoms with Crippen molar-refractivity contribution >= 4 is 5.82 Å². The van der Waals surface area contributed by atoms with Crippen molar-refractivity contribution in [3.63, 3.8) is 0 Å². The molecule has 140 valence electrons. The summed E-state index contributed by atoms with van der Waals surface area (Å²) >= 11 is 0. The first-order valence-corrected chi connectivity index (χ1v) is 9.15. The highest BCUT2D eigenvalue weighted by Crippen LogP contribution is 2.19. The van der Waals surface area contributed by atoms with Crippen molar-refractivity contribution in [2.45, 2.75) is 19.4 Å². The van der Waals surface area contributed by atoms with E-state index in [1.165, 1.54) is 6.42 Å². The molecule has 4 rings (SSSR count). The van der Waals surface area contributed by atoms with Gasteiger partial charge in [0.15, 0.2) is 6.61 Å². The average Bonchev–Trinajstić information content (AvgIpc) is 3.22. The van der Waals surface area contributed by atoms with E-state index in [1.807, 2.05) is 42.5 Å². The summed E-state index contributed by atoms with van der Waals surface area (Å²) in [6, 6.07) is 13.4. The molecule has 1 fully saturated rings. The molecule has 1 N–H and O–H groups in total. The fraction of sp³-hybridized carbons (Fsp3) is 0.350. The molecule has 1 aromatic carbocycles. The fourth-order valence-corrected chi connectivity index (χ4v) is 2.94. The minimum atomic E-state index is 0.254. The lowest BCUT2D eigenvalue weighted by Gasteiger charge is -2.22. The summed E-state index contributed by atoms with van der Waals surface area (Å²) < 4.78 is 16.4. The first-order valence-electron chi connectivity index (χ1n) is 9.15. The van der Waals surface area contributed by atoms with Gasteiger partial charge < -0.3 is 19.3 Å². The second-order valence-electron chi connectivity index (χ2n) is 6.51. The van der Waals surface area contributed by atoms with Crippen molar-refractivity contribution in [2.24, 2.45) is 5.92 Å². The van der Waals surface area contributed by atoms with E-state index in [-0.39, 0.29) is 6.61 Å². The second kappa shape index (κ2) is 8.64. The van der Waals surface area contributed by atoms with Crippen molar-refractivity contribution in [3.8, 4) is 17.2 Å². The lowest BCUT2D eigenvalue weighted by Crippen LogP contribution is -2.24. The van der Waals surface area contributed by atoms with Gasteiger partial charge in [0, 0.05) is 19.3 Å². The zero-order valence-corrected chi connectivity index (χ0v) is 15.0. The van der Waals surface area contributed by atoms with Gasteiger partial charge in [0.2, 0.25) is 5.82 Å². The third kappa shape index (κ3) is 4.83. The van der Waals surface area contributed by atoms with Crippen LogP contribution >= 0.6 is 0 Å². The van der Waals surface area contributed by atoms with E-state index in [4.69, 9.17) is 14.0 Å². The van der Waals surface area contributed by atoms with Crippen molar-refractivity contribution < 1.29 is 14.0 Å². The number of aromatic nitrogens is 3. The molecule has 0 radical (unpaired) electrons. The molecule has 0 unspecified atom stereocenters. The molecule has 7 heteroatoms. The maximum Gasteiger partial charge on any atom is 0.259 e. The molecule has 3 aromatic rings. The van der Waals surface area contributed by atoms with Gasteiger partial charge in [-0.05, 0) is 43.0 Å². The van der Waals surface area contributed by atoms with Gasteiger partial charge in [-0.25, -0.2) is 4.98 Å². The number of ether oxygens (including phenoxy) is 2. The molecule has 0 bridgehead atoms. The van der Waals surface area contributed by atoms with Gasteiger partial charge in [-0.2, -0.15) is 4.98 Å². The van der Waals surface area contributed by atoms with Crippen LogP contribution in [0.25, 0.3) is 11.5 Å². The van der Waals surface area contributed by atoms with Crippen LogP contribution in [0, 0.1) is 5.92 Å². The van der Waals surface area contributed by atoms with Crippen LogP contribution in [0.15, 0.2) is 53.2 Å². The molecule has 0 spiro atoms.